The number of carbonyl (C=O) groups is 1. The normalized spacial score (nSPS) is 13.4. The minimum Gasteiger partial charge on any atom is -0.393 e. The van der Waals surface area contributed by atoms with Crippen molar-refractivity contribution in [2.75, 3.05) is 25.5 Å². The Hall–Kier alpha value is -1.92. The number of aliphatic hydroxyl groups excluding tert-OH is 1. The van der Waals surface area contributed by atoms with Crippen LogP contribution in [0.1, 0.15) is 40.2 Å². The van der Waals surface area contributed by atoms with Crippen molar-refractivity contribution in [3.05, 3.63) is 46.5 Å². The van der Waals surface area contributed by atoms with E-state index in [1.54, 1.807) is 6.92 Å². The summed E-state index contributed by atoms with van der Waals surface area (Å²) in [5.74, 6) is -0.0266. The number of carbonyl (C=O) groups excluding carboxylic acids is 1. The Bertz CT molecular complexity index is 668. The van der Waals surface area contributed by atoms with Crippen LogP contribution in [-0.2, 0) is 0 Å². The average Bonchev–Trinajstić information content (AvgIpc) is 2.94. The number of aromatic nitrogens is 1. The summed E-state index contributed by atoms with van der Waals surface area (Å²) >= 11 is 1.39. The van der Waals surface area contributed by atoms with E-state index in [1.165, 1.54) is 11.3 Å². The highest BCUT2D eigenvalue weighted by atomic mass is 32.1. The number of aryl methyl sites for hydroxylation is 1. The van der Waals surface area contributed by atoms with Crippen LogP contribution in [-0.4, -0.2) is 42.7 Å². The van der Waals surface area contributed by atoms with Crippen LogP contribution in [0.2, 0.25) is 0 Å². The van der Waals surface area contributed by atoms with Crippen molar-refractivity contribution in [1.29, 1.82) is 0 Å². The largest absolute Gasteiger partial charge is 0.393 e. The van der Waals surface area contributed by atoms with Crippen LogP contribution in [0.5, 0.6) is 0 Å². The molecule has 0 aliphatic heterocycles. The Morgan fingerprint density at radius 1 is 1.33 bits per heavy atom. The maximum atomic E-state index is 12.5. The lowest BCUT2D eigenvalue weighted by Crippen LogP contribution is -2.29. The van der Waals surface area contributed by atoms with Crippen molar-refractivity contribution in [3.63, 3.8) is 0 Å². The third kappa shape index (κ3) is 4.79. The van der Waals surface area contributed by atoms with Gasteiger partial charge in [0.2, 0.25) is 0 Å². The van der Waals surface area contributed by atoms with Gasteiger partial charge in [0.15, 0.2) is 5.13 Å². The first-order valence-corrected chi connectivity index (χ1v) is 8.86. The SMILES string of the molecule is Cc1nc(N(C)C)sc1C(=O)NCC(CC(C)O)c1ccccc1. The van der Waals surface area contributed by atoms with E-state index in [2.05, 4.69) is 10.3 Å². The standard InChI is InChI=1S/C18H25N3O2S/c1-12(22)10-15(14-8-6-5-7-9-14)11-19-17(23)16-13(2)20-18(24-16)21(3)4/h5-9,12,15,22H,10-11H2,1-4H3,(H,19,23). The number of rotatable bonds is 7. The number of nitrogens with zero attached hydrogens (tertiary/aromatic N) is 2. The summed E-state index contributed by atoms with van der Waals surface area (Å²) in [7, 11) is 3.82. The van der Waals surface area contributed by atoms with E-state index in [4.69, 9.17) is 0 Å². The Kier molecular flexibility index (Phi) is 6.34. The number of hydrogen-bond donors (Lipinski definition) is 2. The summed E-state index contributed by atoms with van der Waals surface area (Å²) in [4.78, 5) is 19.4. The Balaban J connectivity index is 2.07. The van der Waals surface area contributed by atoms with Gasteiger partial charge in [-0.15, -0.1) is 0 Å². The van der Waals surface area contributed by atoms with Crippen LogP contribution in [0.4, 0.5) is 5.13 Å². The molecule has 0 aliphatic rings. The Labute approximate surface area is 147 Å². The number of hydrogen-bond acceptors (Lipinski definition) is 5. The van der Waals surface area contributed by atoms with Gasteiger partial charge in [0.25, 0.3) is 5.91 Å². The lowest BCUT2D eigenvalue weighted by Gasteiger charge is -2.19. The summed E-state index contributed by atoms with van der Waals surface area (Å²) in [6.07, 6.45) is 0.187. The van der Waals surface area contributed by atoms with E-state index in [0.29, 0.717) is 17.8 Å². The monoisotopic (exact) mass is 347 g/mol. The molecule has 0 spiro atoms. The maximum absolute atomic E-state index is 12.5. The van der Waals surface area contributed by atoms with Crippen LogP contribution < -0.4 is 10.2 Å². The molecule has 1 aromatic heterocycles. The number of amides is 1. The van der Waals surface area contributed by atoms with Crippen molar-refractivity contribution in [2.24, 2.45) is 0 Å². The summed E-state index contributed by atoms with van der Waals surface area (Å²) in [6, 6.07) is 9.97. The molecule has 0 saturated heterocycles. The number of benzene rings is 1. The minimum absolute atomic E-state index is 0.0803. The maximum Gasteiger partial charge on any atom is 0.263 e. The zero-order valence-corrected chi connectivity index (χ0v) is 15.4. The van der Waals surface area contributed by atoms with Crippen LogP contribution in [0.3, 0.4) is 0 Å². The molecule has 6 heteroatoms. The molecule has 2 atom stereocenters. The first kappa shape index (κ1) is 18.4. The molecule has 2 aromatic rings. The summed E-state index contributed by atoms with van der Waals surface area (Å²) in [6.45, 7) is 4.11. The van der Waals surface area contributed by atoms with Gasteiger partial charge < -0.3 is 15.3 Å². The summed E-state index contributed by atoms with van der Waals surface area (Å²) in [5.41, 5.74) is 1.86. The molecule has 0 radical (unpaired) electrons. The fraction of sp³-hybridized carbons (Fsp3) is 0.444. The first-order valence-electron chi connectivity index (χ1n) is 8.04. The van der Waals surface area contributed by atoms with E-state index < -0.39 is 6.10 Å². The third-order valence-corrected chi connectivity index (χ3v) is 5.10. The van der Waals surface area contributed by atoms with E-state index in [9.17, 15) is 9.90 Å². The van der Waals surface area contributed by atoms with Gasteiger partial charge in [-0.05, 0) is 25.8 Å². The van der Waals surface area contributed by atoms with Gasteiger partial charge >= 0.3 is 0 Å². The zero-order chi connectivity index (χ0) is 17.7. The predicted molar refractivity (Wildman–Crippen MR) is 99.0 cm³/mol. The molecule has 1 amide bonds. The molecule has 0 fully saturated rings. The molecule has 2 N–H and O–H groups in total. The fourth-order valence-electron chi connectivity index (χ4n) is 2.55. The van der Waals surface area contributed by atoms with Gasteiger partial charge in [-0.2, -0.15) is 0 Å². The molecule has 5 nitrogen and oxygen atoms in total. The molecule has 1 heterocycles. The molecule has 2 rings (SSSR count). The van der Waals surface area contributed by atoms with Crippen LogP contribution >= 0.6 is 11.3 Å². The quantitative estimate of drug-likeness (QED) is 0.808. The molecule has 24 heavy (non-hydrogen) atoms. The molecule has 0 bridgehead atoms. The summed E-state index contributed by atoms with van der Waals surface area (Å²) in [5, 5.41) is 13.6. The summed E-state index contributed by atoms with van der Waals surface area (Å²) < 4.78 is 0. The van der Waals surface area contributed by atoms with E-state index in [0.717, 1.165) is 16.4 Å². The van der Waals surface area contributed by atoms with E-state index >= 15 is 0 Å². The lowest BCUT2D eigenvalue weighted by molar-refractivity contribution is 0.0949. The molecule has 130 valence electrons. The van der Waals surface area contributed by atoms with Gasteiger partial charge in [-0.1, -0.05) is 41.7 Å². The number of anilines is 1. The number of aliphatic hydroxyl groups is 1. The third-order valence-electron chi connectivity index (χ3n) is 3.78. The minimum atomic E-state index is -0.419. The second-order valence-electron chi connectivity index (χ2n) is 6.21. The highest BCUT2D eigenvalue weighted by molar-refractivity contribution is 7.17. The van der Waals surface area contributed by atoms with Crippen LogP contribution in [0, 0.1) is 6.92 Å². The van der Waals surface area contributed by atoms with Gasteiger partial charge in [0.1, 0.15) is 4.88 Å². The fourth-order valence-corrected chi connectivity index (χ4v) is 3.46. The molecule has 0 aliphatic carbocycles. The average molecular weight is 347 g/mol. The van der Waals surface area contributed by atoms with Gasteiger partial charge in [0, 0.05) is 26.6 Å². The number of nitrogens with one attached hydrogen (secondary N) is 1. The van der Waals surface area contributed by atoms with Crippen molar-refractivity contribution >= 4 is 22.4 Å². The topological polar surface area (TPSA) is 65.5 Å². The molecule has 2 unspecified atom stereocenters. The second kappa shape index (κ2) is 8.26. The van der Waals surface area contributed by atoms with Gasteiger partial charge in [-0.3, -0.25) is 4.79 Å². The van der Waals surface area contributed by atoms with Crippen LogP contribution in [0.25, 0.3) is 0 Å². The molecule has 0 saturated carbocycles. The Morgan fingerprint density at radius 3 is 2.54 bits per heavy atom. The second-order valence-corrected chi connectivity index (χ2v) is 7.19. The van der Waals surface area contributed by atoms with Crippen molar-refractivity contribution < 1.29 is 9.90 Å². The predicted octanol–water partition coefficient (Wildman–Crippen LogP) is 2.80. The highest BCUT2D eigenvalue weighted by Crippen LogP contribution is 2.25. The Morgan fingerprint density at radius 2 is 2.00 bits per heavy atom. The smallest absolute Gasteiger partial charge is 0.263 e. The molecular formula is C18H25N3O2S. The highest BCUT2D eigenvalue weighted by Gasteiger charge is 2.19. The van der Waals surface area contributed by atoms with Crippen molar-refractivity contribution in [2.45, 2.75) is 32.3 Å². The van der Waals surface area contributed by atoms with Crippen molar-refractivity contribution in [3.8, 4) is 0 Å². The van der Waals surface area contributed by atoms with E-state index in [-0.39, 0.29) is 11.8 Å². The number of thiazole rings is 1. The van der Waals surface area contributed by atoms with Gasteiger partial charge in [0.05, 0.1) is 11.8 Å². The molecular weight excluding hydrogens is 322 g/mol. The van der Waals surface area contributed by atoms with Crippen LogP contribution in [0.15, 0.2) is 30.3 Å². The van der Waals surface area contributed by atoms with E-state index in [1.807, 2.05) is 56.3 Å². The first-order chi connectivity index (χ1) is 11.4. The molecule has 1 aromatic carbocycles. The lowest BCUT2D eigenvalue weighted by atomic mass is 9.93. The van der Waals surface area contributed by atoms with Crippen molar-refractivity contribution in [1.82, 2.24) is 10.3 Å². The zero-order valence-electron chi connectivity index (χ0n) is 14.6. The van der Waals surface area contributed by atoms with Gasteiger partial charge in [-0.25, -0.2) is 4.98 Å².